The molecule has 1 N–H and O–H groups in total. The number of likely N-dealkylation sites (tertiary alicyclic amines) is 1. The average Bonchev–Trinajstić information content (AvgIpc) is 3.18. The molecule has 0 aromatic heterocycles. The maximum absolute atomic E-state index is 14.1. The first-order valence-corrected chi connectivity index (χ1v) is 12.3. The van der Waals surface area contributed by atoms with E-state index in [9.17, 15) is 19.5 Å². The molecule has 1 spiro atoms. The van der Waals surface area contributed by atoms with Gasteiger partial charge in [0, 0.05) is 11.8 Å². The number of hydrogen-bond donors (Lipinski definition) is 1. The predicted octanol–water partition coefficient (Wildman–Crippen LogP) is 2.42. The molecule has 1 aromatic rings. The van der Waals surface area contributed by atoms with E-state index >= 15 is 0 Å². The molecule has 2 saturated heterocycles. The van der Waals surface area contributed by atoms with Crippen LogP contribution in [0.3, 0.4) is 0 Å². The number of fused-ring (bicyclic) bond motifs is 2. The molecule has 33 heavy (non-hydrogen) atoms. The lowest BCUT2D eigenvalue weighted by Crippen LogP contribution is -2.56. The van der Waals surface area contributed by atoms with Crippen LogP contribution in [0.15, 0.2) is 48.6 Å². The molecule has 1 aromatic carbocycles. The van der Waals surface area contributed by atoms with Crippen molar-refractivity contribution in [3.63, 3.8) is 0 Å². The van der Waals surface area contributed by atoms with Crippen molar-refractivity contribution in [2.24, 2.45) is 11.8 Å². The highest BCUT2D eigenvalue weighted by atomic mass is 35.5. The van der Waals surface area contributed by atoms with Crippen LogP contribution in [0.4, 0.5) is 5.69 Å². The lowest BCUT2D eigenvalue weighted by Gasteiger charge is -2.37. The second kappa shape index (κ2) is 8.49. The van der Waals surface area contributed by atoms with Gasteiger partial charge in [-0.15, -0.1) is 11.8 Å². The number of aliphatic hydroxyl groups is 1. The van der Waals surface area contributed by atoms with Crippen LogP contribution in [-0.2, 0) is 19.1 Å². The van der Waals surface area contributed by atoms with E-state index in [1.807, 2.05) is 30.4 Å². The van der Waals surface area contributed by atoms with Gasteiger partial charge in [-0.2, -0.15) is 0 Å². The molecule has 6 atom stereocenters. The first-order valence-electron chi connectivity index (χ1n) is 11.1. The Hall–Kier alpha value is -2.29. The zero-order valence-corrected chi connectivity index (χ0v) is 19.7. The third-order valence-corrected chi connectivity index (χ3v) is 9.00. The van der Waals surface area contributed by atoms with Gasteiger partial charge in [0.05, 0.1) is 46.5 Å². The molecule has 0 aliphatic carbocycles. The minimum Gasteiger partial charge on any atom is -0.465 e. The summed E-state index contributed by atoms with van der Waals surface area (Å²) in [5.41, 5.74) is 0.562. The summed E-state index contributed by atoms with van der Waals surface area (Å²) in [6, 6.07) is 5.62. The van der Waals surface area contributed by atoms with Crippen LogP contribution in [0.2, 0.25) is 5.02 Å². The molecule has 0 saturated carbocycles. The third-order valence-electron chi connectivity index (χ3n) is 6.94. The van der Waals surface area contributed by atoms with Gasteiger partial charge in [0.25, 0.3) is 5.91 Å². The fraction of sp³-hybridized carbons (Fsp3) is 0.458. The minimum absolute atomic E-state index is 0.270. The highest BCUT2D eigenvalue weighted by Gasteiger charge is 2.71. The molecule has 0 bridgehead atoms. The monoisotopic (exact) mass is 488 g/mol. The number of carbonyl (C=O) groups excluding carboxylic acids is 3. The Bertz CT molecular complexity index is 1060. The van der Waals surface area contributed by atoms with Crippen LogP contribution in [0.5, 0.6) is 0 Å². The number of ether oxygens (including phenoxy) is 1. The van der Waals surface area contributed by atoms with Crippen LogP contribution in [0.25, 0.3) is 0 Å². The molecule has 0 radical (unpaired) electrons. The number of carbonyl (C=O) groups is 3. The lowest BCUT2D eigenvalue weighted by atomic mass is 9.78. The molecule has 174 valence electrons. The smallest absolute Gasteiger partial charge is 0.311 e. The number of hydrogen-bond acceptors (Lipinski definition) is 6. The average molecular weight is 489 g/mol. The van der Waals surface area contributed by atoms with E-state index in [0.29, 0.717) is 23.7 Å². The van der Waals surface area contributed by atoms with Gasteiger partial charge in [0.2, 0.25) is 5.91 Å². The number of aliphatic hydroxyl groups excluding tert-OH is 1. The number of esters is 1. The third kappa shape index (κ3) is 3.33. The Morgan fingerprint density at radius 3 is 2.79 bits per heavy atom. The van der Waals surface area contributed by atoms with Gasteiger partial charge in [-0.1, -0.05) is 48.0 Å². The van der Waals surface area contributed by atoms with E-state index in [4.69, 9.17) is 16.3 Å². The number of thioether (sulfide) groups is 1. The van der Waals surface area contributed by atoms with Crippen LogP contribution in [-0.4, -0.2) is 69.6 Å². The standard InChI is InChI=1S/C24H25ClN2O5S/c1-14(13-28)27-20-22(30)26(16-8-3-2-7-15(16)25)11-6-10-24(20)19(21(27)29)18-17(33-24)9-4-5-12-32-23(18)31/h2-4,6-10,14,17-20,28H,5,11-13H2,1H3/t14-,17-,18+,19+,20?,24+/m1/s1. The summed E-state index contributed by atoms with van der Waals surface area (Å²) in [7, 11) is 0. The van der Waals surface area contributed by atoms with Crippen molar-refractivity contribution in [1.29, 1.82) is 0 Å². The number of para-hydroxylation sites is 1. The number of cyclic esters (lactones) is 1. The Balaban J connectivity index is 1.65. The first-order chi connectivity index (χ1) is 15.9. The van der Waals surface area contributed by atoms with Crippen molar-refractivity contribution in [1.82, 2.24) is 4.90 Å². The van der Waals surface area contributed by atoms with E-state index < -0.39 is 34.6 Å². The van der Waals surface area contributed by atoms with E-state index in [2.05, 4.69) is 0 Å². The highest BCUT2D eigenvalue weighted by Crippen LogP contribution is 2.61. The number of anilines is 1. The fourth-order valence-corrected chi connectivity index (χ4v) is 7.72. The predicted molar refractivity (Wildman–Crippen MR) is 126 cm³/mol. The Morgan fingerprint density at radius 1 is 1.24 bits per heavy atom. The van der Waals surface area contributed by atoms with Crippen molar-refractivity contribution >= 4 is 46.8 Å². The van der Waals surface area contributed by atoms with Crippen LogP contribution < -0.4 is 4.90 Å². The maximum atomic E-state index is 14.1. The number of halogens is 1. The fourth-order valence-electron chi connectivity index (χ4n) is 5.50. The summed E-state index contributed by atoms with van der Waals surface area (Å²) in [5, 5.41) is 10.1. The van der Waals surface area contributed by atoms with Gasteiger partial charge in [-0.05, 0) is 25.5 Å². The van der Waals surface area contributed by atoms with Crippen LogP contribution in [0.1, 0.15) is 13.3 Å². The maximum Gasteiger partial charge on any atom is 0.311 e. The molecule has 1 unspecified atom stereocenters. The molecule has 7 nitrogen and oxygen atoms in total. The molecule has 2 fully saturated rings. The van der Waals surface area contributed by atoms with Crippen molar-refractivity contribution < 1.29 is 24.2 Å². The van der Waals surface area contributed by atoms with E-state index in [1.165, 1.54) is 16.7 Å². The second-order valence-electron chi connectivity index (χ2n) is 8.81. The van der Waals surface area contributed by atoms with Gasteiger partial charge >= 0.3 is 5.97 Å². The summed E-state index contributed by atoms with van der Waals surface area (Å²) in [4.78, 5) is 44.1. The van der Waals surface area contributed by atoms with Crippen molar-refractivity contribution in [2.45, 2.75) is 35.4 Å². The molecule has 2 amide bonds. The minimum atomic E-state index is -0.948. The van der Waals surface area contributed by atoms with Crippen LogP contribution in [0, 0.1) is 11.8 Å². The number of rotatable bonds is 3. The van der Waals surface area contributed by atoms with E-state index in [1.54, 1.807) is 30.0 Å². The molecule has 4 aliphatic heterocycles. The normalized spacial score (nSPS) is 34.2. The van der Waals surface area contributed by atoms with Crippen LogP contribution >= 0.6 is 23.4 Å². The SMILES string of the molecule is C[C@H](CO)N1C(=O)[C@@H]2[C@H]3C(=O)OCCC=C[C@H]3S[C@@]23C=CCN(c2ccccc2Cl)C(=O)C13. The zero-order valence-electron chi connectivity index (χ0n) is 18.1. The number of amides is 2. The van der Waals surface area contributed by atoms with Crippen molar-refractivity contribution in [3.05, 3.63) is 53.6 Å². The van der Waals surface area contributed by atoms with Gasteiger partial charge in [0.15, 0.2) is 0 Å². The van der Waals surface area contributed by atoms with Crippen molar-refractivity contribution in [2.75, 3.05) is 24.7 Å². The molecular weight excluding hydrogens is 464 g/mol. The van der Waals surface area contributed by atoms with Gasteiger partial charge in [-0.3, -0.25) is 14.4 Å². The van der Waals surface area contributed by atoms with Crippen molar-refractivity contribution in [3.8, 4) is 0 Å². The lowest BCUT2D eigenvalue weighted by molar-refractivity contribution is -0.153. The quantitative estimate of drug-likeness (QED) is 0.519. The Labute approximate surface area is 201 Å². The zero-order chi connectivity index (χ0) is 23.3. The van der Waals surface area contributed by atoms with Gasteiger partial charge in [0.1, 0.15) is 6.04 Å². The first kappa shape index (κ1) is 22.5. The summed E-state index contributed by atoms with van der Waals surface area (Å²) >= 11 is 7.90. The Morgan fingerprint density at radius 2 is 2.03 bits per heavy atom. The second-order valence-corrected chi connectivity index (χ2v) is 10.7. The summed E-state index contributed by atoms with van der Waals surface area (Å²) in [6.07, 6.45) is 8.38. The molecular formula is C24H25ClN2O5S. The Kier molecular flexibility index (Phi) is 5.79. The number of nitrogens with zero attached hydrogens (tertiary/aromatic N) is 2. The van der Waals surface area contributed by atoms with Gasteiger partial charge in [-0.25, -0.2) is 0 Å². The molecule has 4 heterocycles. The van der Waals surface area contributed by atoms with E-state index in [0.717, 1.165) is 0 Å². The largest absolute Gasteiger partial charge is 0.465 e. The summed E-state index contributed by atoms with van der Waals surface area (Å²) < 4.78 is 4.51. The molecule has 5 rings (SSSR count). The summed E-state index contributed by atoms with van der Waals surface area (Å²) in [6.45, 7) is 1.98. The van der Waals surface area contributed by atoms with Gasteiger partial charge < -0.3 is 19.6 Å². The highest BCUT2D eigenvalue weighted by molar-refractivity contribution is 8.02. The molecule has 4 aliphatic rings. The number of benzene rings is 1. The molecule has 9 heteroatoms. The summed E-state index contributed by atoms with van der Waals surface area (Å²) in [5.74, 6) is -2.43. The topological polar surface area (TPSA) is 87.2 Å². The van der Waals surface area contributed by atoms with E-state index in [-0.39, 0.29) is 30.3 Å².